The number of hydrogen-bond donors (Lipinski definition) is 0. The Labute approximate surface area is 185 Å². The Bertz CT molecular complexity index is 1230. The summed E-state index contributed by atoms with van der Waals surface area (Å²) in [4.78, 5) is 7.75. The summed E-state index contributed by atoms with van der Waals surface area (Å²) in [6.07, 6.45) is 3.94. The molecule has 1 aromatic heterocycles. The second kappa shape index (κ2) is 8.43. The maximum atomic E-state index is 5.07. The lowest BCUT2D eigenvalue weighted by Crippen LogP contribution is -2.28. The van der Waals surface area contributed by atoms with E-state index in [9.17, 15) is 0 Å². The van der Waals surface area contributed by atoms with Crippen molar-refractivity contribution in [2.75, 3.05) is 13.1 Å². The highest BCUT2D eigenvalue weighted by atomic mass is 15.1. The van der Waals surface area contributed by atoms with Gasteiger partial charge < -0.3 is 0 Å². The third kappa shape index (κ3) is 4.09. The molecule has 1 fully saturated rings. The SMILES string of the molecule is Cc1ccc2cc(-c3cc(C(C)N4CCCC(C)CC4)c4ccccc4n3)ccc2c1. The molecule has 5 rings (SSSR count). The molecule has 2 atom stereocenters. The molecule has 2 nitrogen and oxygen atoms in total. The van der Waals surface area contributed by atoms with E-state index in [4.69, 9.17) is 4.98 Å². The van der Waals surface area contributed by atoms with Gasteiger partial charge in [-0.3, -0.25) is 4.90 Å². The Hall–Kier alpha value is -2.71. The van der Waals surface area contributed by atoms with Gasteiger partial charge >= 0.3 is 0 Å². The summed E-state index contributed by atoms with van der Waals surface area (Å²) in [6, 6.07) is 24.8. The number of likely N-dealkylation sites (tertiary alicyclic amines) is 1. The molecule has 158 valence electrons. The number of benzene rings is 3. The van der Waals surface area contributed by atoms with Gasteiger partial charge in [0.25, 0.3) is 0 Å². The van der Waals surface area contributed by atoms with Crippen molar-refractivity contribution >= 4 is 21.7 Å². The van der Waals surface area contributed by atoms with Crippen molar-refractivity contribution < 1.29 is 0 Å². The number of rotatable bonds is 3. The fraction of sp³-hybridized carbons (Fsp3) is 0.345. The smallest absolute Gasteiger partial charge is 0.0713 e. The van der Waals surface area contributed by atoms with Crippen LogP contribution in [0.5, 0.6) is 0 Å². The molecular weight excluding hydrogens is 376 g/mol. The first-order valence-corrected chi connectivity index (χ1v) is 11.7. The maximum Gasteiger partial charge on any atom is 0.0713 e. The zero-order valence-corrected chi connectivity index (χ0v) is 18.9. The average molecular weight is 409 g/mol. The highest BCUT2D eigenvalue weighted by molar-refractivity contribution is 5.90. The lowest BCUT2D eigenvalue weighted by Gasteiger charge is -2.29. The van der Waals surface area contributed by atoms with Crippen LogP contribution in [0.1, 0.15) is 50.3 Å². The molecule has 0 N–H and O–H groups in total. The second-order valence-corrected chi connectivity index (χ2v) is 9.43. The van der Waals surface area contributed by atoms with E-state index >= 15 is 0 Å². The van der Waals surface area contributed by atoms with Gasteiger partial charge in [-0.2, -0.15) is 0 Å². The van der Waals surface area contributed by atoms with Crippen molar-refractivity contribution in [1.29, 1.82) is 0 Å². The molecule has 0 amide bonds. The molecule has 2 heterocycles. The summed E-state index contributed by atoms with van der Waals surface area (Å²) in [7, 11) is 0. The quantitative estimate of drug-likeness (QED) is 0.348. The van der Waals surface area contributed by atoms with Crippen LogP contribution in [-0.4, -0.2) is 23.0 Å². The van der Waals surface area contributed by atoms with Crippen LogP contribution in [0.15, 0.2) is 66.7 Å². The molecule has 0 saturated carbocycles. The zero-order valence-electron chi connectivity index (χ0n) is 18.9. The Morgan fingerprint density at radius 2 is 1.71 bits per heavy atom. The van der Waals surface area contributed by atoms with Crippen LogP contribution >= 0.6 is 0 Å². The number of pyridine rings is 1. The molecule has 2 heteroatoms. The summed E-state index contributed by atoms with van der Waals surface area (Å²) >= 11 is 0. The summed E-state index contributed by atoms with van der Waals surface area (Å²) in [5.41, 5.74) is 6.06. The number of aryl methyl sites for hydroxylation is 1. The first-order valence-electron chi connectivity index (χ1n) is 11.7. The maximum absolute atomic E-state index is 5.07. The van der Waals surface area contributed by atoms with Crippen molar-refractivity contribution in [3.05, 3.63) is 77.9 Å². The fourth-order valence-electron chi connectivity index (χ4n) is 5.09. The topological polar surface area (TPSA) is 16.1 Å². The Kier molecular flexibility index (Phi) is 5.50. The predicted molar refractivity (Wildman–Crippen MR) is 132 cm³/mol. The molecule has 0 aliphatic carbocycles. The zero-order chi connectivity index (χ0) is 21.4. The second-order valence-electron chi connectivity index (χ2n) is 9.43. The molecular formula is C29H32N2. The number of hydrogen-bond acceptors (Lipinski definition) is 2. The monoisotopic (exact) mass is 408 g/mol. The van der Waals surface area contributed by atoms with E-state index in [0.717, 1.165) is 17.1 Å². The molecule has 1 aliphatic heterocycles. The van der Waals surface area contributed by atoms with Crippen molar-refractivity contribution in [1.82, 2.24) is 9.88 Å². The first-order chi connectivity index (χ1) is 15.1. The van der Waals surface area contributed by atoms with Gasteiger partial charge in [-0.25, -0.2) is 4.98 Å². The van der Waals surface area contributed by atoms with Gasteiger partial charge in [0.2, 0.25) is 0 Å². The van der Waals surface area contributed by atoms with E-state index in [1.807, 2.05) is 0 Å². The summed E-state index contributed by atoms with van der Waals surface area (Å²) in [6.45, 7) is 9.30. The van der Waals surface area contributed by atoms with Gasteiger partial charge in [0, 0.05) is 17.0 Å². The highest BCUT2D eigenvalue weighted by Gasteiger charge is 2.22. The molecule has 1 aliphatic rings. The fourth-order valence-corrected chi connectivity index (χ4v) is 5.09. The molecule has 31 heavy (non-hydrogen) atoms. The first kappa shape index (κ1) is 20.2. The molecule has 3 aromatic carbocycles. The molecule has 1 saturated heterocycles. The largest absolute Gasteiger partial charge is 0.297 e. The van der Waals surface area contributed by atoms with Gasteiger partial charge in [-0.1, -0.05) is 61.0 Å². The minimum absolute atomic E-state index is 0.389. The van der Waals surface area contributed by atoms with Crippen molar-refractivity contribution in [3.63, 3.8) is 0 Å². The van der Waals surface area contributed by atoms with E-state index < -0.39 is 0 Å². The standard InChI is InChI=1S/C29H32N2/c1-20-7-6-15-31(16-14-20)22(3)27-19-29(30-28-9-5-4-8-26(27)28)25-13-12-23-17-21(2)10-11-24(23)18-25/h4-5,8-13,17-20,22H,6-7,14-16H2,1-3H3. The van der Waals surface area contributed by atoms with Crippen LogP contribution in [0, 0.1) is 12.8 Å². The van der Waals surface area contributed by atoms with Crippen molar-refractivity contribution in [2.24, 2.45) is 5.92 Å². The predicted octanol–water partition coefficient (Wildman–Crippen LogP) is 7.55. The van der Waals surface area contributed by atoms with Gasteiger partial charge in [0.15, 0.2) is 0 Å². The number of aromatic nitrogens is 1. The highest BCUT2D eigenvalue weighted by Crippen LogP contribution is 2.34. The average Bonchev–Trinajstić information content (AvgIpc) is 3.02. The van der Waals surface area contributed by atoms with Crippen molar-refractivity contribution in [3.8, 4) is 11.3 Å². The van der Waals surface area contributed by atoms with Gasteiger partial charge in [0.1, 0.15) is 0 Å². The number of fused-ring (bicyclic) bond motifs is 2. The summed E-state index contributed by atoms with van der Waals surface area (Å²) < 4.78 is 0. The minimum Gasteiger partial charge on any atom is -0.297 e. The van der Waals surface area contributed by atoms with Gasteiger partial charge in [0.05, 0.1) is 11.2 Å². The van der Waals surface area contributed by atoms with E-state index in [1.54, 1.807) is 0 Å². The summed E-state index contributed by atoms with van der Waals surface area (Å²) in [5, 5.41) is 3.85. The van der Waals surface area contributed by atoms with Crippen LogP contribution in [0.3, 0.4) is 0 Å². The lowest BCUT2D eigenvalue weighted by molar-refractivity contribution is 0.218. The van der Waals surface area contributed by atoms with Gasteiger partial charge in [-0.05, 0) is 86.7 Å². The Morgan fingerprint density at radius 1 is 0.903 bits per heavy atom. The van der Waals surface area contributed by atoms with E-state index in [-0.39, 0.29) is 0 Å². The number of nitrogens with zero attached hydrogens (tertiary/aromatic N) is 2. The van der Waals surface area contributed by atoms with E-state index in [1.165, 1.54) is 65.2 Å². The molecule has 2 unspecified atom stereocenters. The van der Waals surface area contributed by atoms with Crippen LogP contribution < -0.4 is 0 Å². The normalized spacial score (nSPS) is 18.9. The third-order valence-electron chi connectivity index (χ3n) is 7.09. The molecule has 0 radical (unpaired) electrons. The van der Waals surface area contributed by atoms with Crippen LogP contribution in [0.25, 0.3) is 32.9 Å². The van der Waals surface area contributed by atoms with Crippen LogP contribution in [0.4, 0.5) is 0 Å². The molecule has 0 spiro atoms. The number of para-hydroxylation sites is 1. The van der Waals surface area contributed by atoms with Crippen molar-refractivity contribution in [2.45, 2.75) is 46.1 Å². The van der Waals surface area contributed by atoms with E-state index in [0.29, 0.717) is 6.04 Å². The third-order valence-corrected chi connectivity index (χ3v) is 7.09. The van der Waals surface area contributed by atoms with E-state index in [2.05, 4.69) is 92.4 Å². The van der Waals surface area contributed by atoms with Crippen LogP contribution in [-0.2, 0) is 0 Å². The lowest BCUT2D eigenvalue weighted by atomic mass is 9.97. The van der Waals surface area contributed by atoms with Gasteiger partial charge in [-0.15, -0.1) is 0 Å². The minimum atomic E-state index is 0.389. The Balaban J connectivity index is 1.59. The van der Waals surface area contributed by atoms with Crippen LogP contribution in [0.2, 0.25) is 0 Å². The summed E-state index contributed by atoms with van der Waals surface area (Å²) in [5.74, 6) is 0.836. The Morgan fingerprint density at radius 3 is 2.61 bits per heavy atom. The molecule has 0 bridgehead atoms. The molecule has 4 aromatic rings.